The Bertz CT molecular complexity index is 595. The summed E-state index contributed by atoms with van der Waals surface area (Å²) in [7, 11) is -1.08. The molecule has 4 heteroatoms. The zero-order valence-electron chi connectivity index (χ0n) is 12.1. The third kappa shape index (κ3) is 4.77. The highest BCUT2D eigenvalue weighted by Crippen LogP contribution is 2.18. The number of aryl methyl sites for hydroxylation is 1. The van der Waals surface area contributed by atoms with Crippen LogP contribution >= 0.6 is 15.9 Å². The molecule has 2 atom stereocenters. The van der Waals surface area contributed by atoms with Gasteiger partial charge in [0.05, 0.1) is 10.8 Å². The maximum absolute atomic E-state index is 12.3. The van der Waals surface area contributed by atoms with Crippen molar-refractivity contribution >= 4 is 26.7 Å². The van der Waals surface area contributed by atoms with Gasteiger partial charge in [-0.3, -0.25) is 4.21 Å². The molecule has 2 aromatic rings. The Hall–Kier alpha value is -0.970. The average molecular weight is 366 g/mol. The molecule has 2 aromatic carbocycles. The van der Waals surface area contributed by atoms with Crippen molar-refractivity contribution in [3.63, 3.8) is 0 Å². The maximum Gasteiger partial charge on any atom is 0.0548 e. The number of halogens is 1. The molecule has 2 unspecified atom stereocenters. The largest absolute Gasteiger partial charge is 0.323 e. The fourth-order valence-electron chi connectivity index (χ4n) is 2.16. The van der Waals surface area contributed by atoms with Gasteiger partial charge in [0, 0.05) is 21.2 Å². The van der Waals surface area contributed by atoms with Gasteiger partial charge in [-0.2, -0.15) is 0 Å². The van der Waals surface area contributed by atoms with Crippen molar-refractivity contribution < 1.29 is 4.21 Å². The highest BCUT2D eigenvalue weighted by Gasteiger charge is 2.12. The molecule has 0 amide bonds. The van der Waals surface area contributed by atoms with Crippen molar-refractivity contribution in [1.82, 2.24) is 0 Å². The highest BCUT2D eigenvalue weighted by atomic mass is 79.9. The van der Waals surface area contributed by atoms with Crippen LogP contribution in [0.4, 0.5) is 0 Å². The molecule has 0 spiro atoms. The molecule has 2 N–H and O–H groups in total. The fraction of sp³-hybridized carbons (Fsp3) is 0.294. The van der Waals surface area contributed by atoms with Crippen LogP contribution in [-0.4, -0.2) is 9.96 Å². The van der Waals surface area contributed by atoms with E-state index in [9.17, 15) is 4.21 Å². The number of nitrogens with two attached hydrogens (primary N) is 1. The van der Waals surface area contributed by atoms with Crippen LogP contribution in [0.5, 0.6) is 0 Å². The van der Waals surface area contributed by atoms with Gasteiger partial charge in [-0.25, -0.2) is 0 Å². The second kappa shape index (κ2) is 7.87. The molecule has 0 fully saturated rings. The normalized spacial score (nSPS) is 13.9. The van der Waals surface area contributed by atoms with Crippen LogP contribution < -0.4 is 5.73 Å². The number of rotatable bonds is 6. The first kappa shape index (κ1) is 16.4. The molecule has 112 valence electrons. The van der Waals surface area contributed by atoms with Crippen molar-refractivity contribution in [3.05, 3.63) is 64.1 Å². The second-order valence-electron chi connectivity index (χ2n) is 5.06. The SMILES string of the molecule is CCCc1ccc(C(N)CS(=O)c2ccc(Br)cc2)cc1. The molecular formula is C17H20BrNOS. The molecule has 0 aliphatic carbocycles. The van der Waals surface area contributed by atoms with E-state index in [-0.39, 0.29) is 6.04 Å². The third-order valence-electron chi connectivity index (χ3n) is 3.35. The van der Waals surface area contributed by atoms with Crippen LogP contribution in [0.2, 0.25) is 0 Å². The van der Waals surface area contributed by atoms with Gasteiger partial charge >= 0.3 is 0 Å². The van der Waals surface area contributed by atoms with E-state index >= 15 is 0 Å². The lowest BCUT2D eigenvalue weighted by atomic mass is 10.0. The van der Waals surface area contributed by atoms with Gasteiger partial charge in [0.15, 0.2) is 0 Å². The van der Waals surface area contributed by atoms with Crippen LogP contribution in [0.15, 0.2) is 57.9 Å². The Kier molecular flexibility index (Phi) is 6.15. The first-order chi connectivity index (χ1) is 10.1. The molecular weight excluding hydrogens is 346 g/mol. The van der Waals surface area contributed by atoms with E-state index in [1.165, 1.54) is 5.56 Å². The summed E-state index contributed by atoms with van der Waals surface area (Å²) in [6, 6.07) is 15.7. The molecule has 0 saturated heterocycles. The molecule has 0 bridgehead atoms. The predicted octanol–water partition coefficient (Wildman–Crippen LogP) is 4.21. The van der Waals surface area contributed by atoms with Crippen molar-refractivity contribution in [2.75, 3.05) is 5.75 Å². The summed E-state index contributed by atoms with van der Waals surface area (Å²) >= 11 is 3.38. The summed E-state index contributed by atoms with van der Waals surface area (Å²) in [6.07, 6.45) is 2.22. The number of benzene rings is 2. The van der Waals surface area contributed by atoms with Gasteiger partial charge in [-0.05, 0) is 41.8 Å². The quantitative estimate of drug-likeness (QED) is 0.832. The molecule has 0 radical (unpaired) electrons. The molecule has 2 rings (SSSR count). The molecule has 0 aliphatic heterocycles. The van der Waals surface area contributed by atoms with Crippen LogP contribution in [0.3, 0.4) is 0 Å². The summed E-state index contributed by atoms with van der Waals surface area (Å²) in [4.78, 5) is 0.816. The van der Waals surface area contributed by atoms with Gasteiger partial charge in [0.25, 0.3) is 0 Å². The Labute approximate surface area is 137 Å². The first-order valence-corrected chi connectivity index (χ1v) is 9.19. The third-order valence-corrected chi connectivity index (χ3v) is 5.34. The number of hydrogen-bond acceptors (Lipinski definition) is 2. The monoisotopic (exact) mass is 365 g/mol. The summed E-state index contributed by atoms with van der Waals surface area (Å²) < 4.78 is 13.3. The van der Waals surface area contributed by atoms with Gasteiger partial charge in [-0.1, -0.05) is 53.5 Å². The predicted molar refractivity (Wildman–Crippen MR) is 92.8 cm³/mol. The van der Waals surface area contributed by atoms with Crippen LogP contribution in [-0.2, 0) is 17.2 Å². The molecule has 2 nitrogen and oxygen atoms in total. The molecule has 0 heterocycles. The lowest BCUT2D eigenvalue weighted by Crippen LogP contribution is -2.18. The second-order valence-corrected chi connectivity index (χ2v) is 7.48. The molecule has 0 aliphatic rings. The van der Waals surface area contributed by atoms with Crippen molar-refractivity contribution in [2.45, 2.75) is 30.7 Å². The fourth-order valence-corrected chi connectivity index (χ4v) is 3.58. The van der Waals surface area contributed by atoms with Crippen LogP contribution in [0.25, 0.3) is 0 Å². The van der Waals surface area contributed by atoms with Crippen LogP contribution in [0.1, 0.15) is 30.5 Å². The molecule has 0 aromatic heterocycles. The Morgan fingerprint density at radius 3 is 2.29 bits per heavy atom. The van der Waals surface area contributed by atoms with E-state index in [0.29, 0.717) is 5.75 Å². The Morgan fingerprint density at radius 2 is 1.71 bits per heavy atom. The van der Waals surface area contributed by atoms with E-state index < -0.39 is 10.8 Å². The van der Waals surface area contributed by atoms with Crippen LogP contribution in [0, 0.1) is 0 Å². The molecule has 21 heavy (non-hydrogen) atoms. The van der Waals surface area contributed by atoms with Crippen molar-refractivity contribution in [2.24, 2.45) is 5.73 Å². The Morgan fingerprint density at radius 1 is 1.10 bits per heavy atom. The first-order valence-electron chi connectivity index (χ1n) is 7.08. The minimum atomic E-state index is -1.08. The van der Waals surface area contributed by atoms with Gasteiger partial charge in [0.2, 0.25) is 0 Å². The minimum Gasteiger partial charge on any atom is -0.323 e. The van der Waals surface area contributed by atoms with E-state index in [2.05, 4.69) is 47.1 Å². The standard InChI is InChI=1S/C17H20BrNOS/c1-2-3-13-4-6-14(7-5-13)17(19)12-21(20)16-10-8-15(18)9-11-16/h4-11,17H,2-3,12,19H2,1H3. The summed E-state index contributed by atoms with van der Waals surface area (Å²) in [5.41, 5.74) is 8.55. The summed E-state index contributed by atoms with van der Waals surface area (Å²) in [5, 5.41) is 0. The Balaban J connectivity index is 2.01. The minimum absolute atomic E-state index is 0.204. The summed E-state index contributed by atoms with van der Waals surface area (Å²) in [5.74, 6) is 0.439. The van der Waals surface area contributed by atoms with E-state index in [0.717, 1.165) is 27.8 Å². The highest BCUT2D eigenvalue weighted by molar-refractivity contribution is 9.10. The van der Waals surface area contributed by atoms with E-state index in [1.807, 2.05) is 24.3 Å². The summed E-state index contributed by atoms with van der Waals surface area (Å²) in [6.45, 7) is 2.17. The average Bonchev–Trinajstić information content (AvgIpc) is 2.49. The van der Waals surface area contributed by atoms with Crippen molar-refractivity contribution in [3.8, 4) is 0 Å². The molecule has 0 saturated carbocycles. The zero-order chi connectivity index (χ0) is 15.2. The lowest BCUT2D eigenvalue weighted by Gasteiger charge is -2.12. The van der Waals surface area contributed by atoms with Gasteiger partial charge < -0.3 is 5.73 Å². The smallest absolute Gasteiger partial charge is 0.0548 e. The van der Waals surface area contributed by atoms with Gasteiger partial charge in [0.1, 0.15) is 0 Å². The maximum atomic E-state index is 12.3. The van der Waals surface area contributed by atoms with E-state index in [1.54, 1.807) is 0 Å². The van der Waals surface area contributed by atoms with Gasteiger partial charge in [-0.15, -0.1) is 0 Å². The number of hydrogen-bond donors (Lipinski definition) is 1. The van der Waals surface area contributed by atoms with E-state index in [4.69, 9.17) is 5.73 Å². The topological polar surface area (TPSA) is 43.1 Å². The zero-order valence-corrected chi connectivity index (χ0v) is 14.5. The lowest BCUT2D eigenvalue weighted by molar-refractivity contribution is 0.675. The van der Waals surface area contributed by atoms with Crippen molar-refractivity contribution in [1.29, 1.82) is 0 Å².